The summed E-state index contributed by atoms with van der Waals surface area (Å²) in [7, 11) is 1.92. The van der Waals surface area contributed by atoms with Crippen LogP contribution in [-0.4, -0.2) is 24.3 Å². The van der Waals surface area contributed by atoms with Crippen molar-refractivity contribution in [3.05, 3.63) is 41.1 Å². The van der Waals surface area contributed by atoms with Gasteiger partial charge in [0.25, 0.3) is 0 Å². The molecule has 0 aliphatic carbocycles. The monoisotopic (exact) mass is 259 g/mol. The quantitative estimate of drug-likeness (QED) is 0.733. The molecule has 3 aromatic rings. The first-order valence-electron chi connectivity index (χ1n) is 5.75. The Hall–Kier alpha value is -1.95. The fourth-order valence-electron chi connectivity index (χ4n) is 2.04. The van der Waals surface area contributed by atoms with Crippen LogP contribution in [0, 0.1) is 4.77 Å². The van der Waals surface area contributed by atoms with E-state index < -0.39 is 0 Å². The normalized spacial score (nSPS) is 11.2. The largest absolute Gasteiger partial charge is 0.329 e. The number of nitrogens with zero attached hydrogens (tertiary/aromatic N) is 4. The zero-order valence-corrected chi connectivity index (χ0v) is 10.8. The van der Waals surface area contributed by atoms with Gasteiger partial charge in [0, 0.05) is 26.0 Å². The van der Waals surface area contributed by atoms with Crippen molar-refractivity contribution < 1.29 is 0 Å². The molecule has 0 aliphatic rings. The van der Waals surface area contributed by atoms with Crippen molar-refractivity contribution in [1.82, 2.24) is 24.3 Å². The van der Waals surface area contributed by atoms with E-state index in [0.29, 0.717) is 4.77 Å². The Morgan fingerprint density at radius 1 is 1.44 bits per heavy atom. The van der Waals surface area contributed by atoms with Crippen LogP contribution in [0.3, 0.4) is 0 Å². The molecular formula is C12H13N5S. The number of imidazole rings is 1. The molecule has 0 saturated carbocycles. The standard InChI is InChI=1S/C12H13N5S/c1-16-8-9(7-14-16)4-6-17-11-10(15-12(17)18)3-2-5-13-11/h2-3,5,7-8H,4,6H2,1H3,(H,15,18). The van der Waals surface area contributed by atoms with Gasteiger partial charge in [0.2, 0.25) is 0 Å². The number of hydrogen-bond acceptors (Lipinski definition) is 3. The lowest BCUT2D eigenvalue weighted by atomic mass is 10.2. The van der Waals surface area contributed by atoms with Crippen LogP contribution in [0.15, 0.2) is 30.7 Å². The molecule has 0 atom stereocenters. The molecule has 0 radical (unpaired) electrons. The van der Waals surface area contributed by atoms with Crippen molar-refractivity contribution in [2.45, 2.75) is 13.0 Å². The van der Waals surface area contributed by atoms with E-state index in [4.69, 9.17) is 12.2 Å². The number of fused-ring (bicyclic) bond motifs is 1. The maximum Gasteiger partial charge on any atom is 0.179 e. The summed E-state index contributed by atoms with van der Waals surface area (Å²) in [5.74, 6) is 0. The van der Waals surface area contributed by atoms with E-state index in [-0.39, 0.29) is 0 Å². The highest BCUT2D eigenvalue weighted by Crippen LogP contribution is 2.11. The van der Waals surface area contributed by atoms with E-state index in [1.54, 1.807) is 6.20 Å². The Labute approximate surface area is 109 Å². The fourth-order valence-corrected chi connectivity index (χ4v) is 2.33. The van der Waals surface area contributed by atoms with E-state index in [0.717, 1.165) is 24.1 Å². The topological polar surface area (TPSA) is 51.4 Å². The summed E-state index contributed by atoms with van der Waals surface area (Å²) < 4.78 is 4.55. The highest BCUT2D eigenvalue weighted by Gasteiger charge is 2.05. The second-order valence-corrected chi connectivity index (χ2v) is 4.62. The third-order valence-electron chi connectivity index (χ3n) is 2.91. The van der Waals surface area contributed by atoms with Crippen molar-refractivity contribution in [1.29, 1.82) is 0 Å². The van der Waals surface area contributed by atoms with Crippen LogP contribution in [0.1, 0.15) is 5.56 Å². The second-order valence-electron chi connectivity index (χ2n) is 4.23. The van der Waals surface area contributed by atoms with Crippen molar-refractivity contribution in [2.24, 2.45) is 7.05 Å². The molecular weight excluding hydrogens is 246 g/mol. The Bertz CT molecular complexity index is 736. The highest BCUT2D eigenvalue weighted by molar-refractivity contribution is 7.71. The Kier molecular flexibility index (Phi) is 2.71. The molecule has 1 N–H and O–H groups in total. The molecule has 0 bridgehead atoms. The Morgan fingerprint density at radius 2 is 2.33 bits per heavy atom. The van der Waals surface area contributed by atoms with Gasteiger partial charge in [0.15, 0.2) is 10.4 Å². The first kappa shape index (κ1) is 11.2. The predicted molar refractivity (Wildman–Crippen MR) is 71.8 cm³/mol. The zero-order valence-electron chi connectivity index (χ0n) is 10.00. The molecule has 3 aromatic heterocycles. The number of hydrogen-bond donors (Lipinski definition) is 1. The summed E-state index contributed by atoms with van der Waals surface area (Å²) in [6, 6.07) is 3.89. The van der Waals surface area contributed by atoms with E-state index >= 15 is 0 Å². The summed E-state index contributed by atoms with van der Waals surface area (Å²) in [5, 5.41) is 4.16. The number of aromatic nitrogens is 5. The molecule has 0 saturated heterocycles. The number of aryl methyl sites for hydroxylation is 3. The molecule has 3 heterocycles. The average Bonchev–Trinajstić information content (AvgIpc) is 2.90. The van der Waals surface area contributed by atoms with E-state index in [9.17, 15) is 0 Å². The maximum atomic E-state index is 5.32. The molecule has 92 valence electrons. The second kappa shape index (κ2) is 4.38. The number of nitrogens with one attached hydrogen (secondary N) is 1. The smallest absolute Gasteiger partial charge is 0.179 e. The van der Waals surface area contributed by atoms with Gasteiger partial charge in [-0.3, -0.25) is 4.68 Å². The van der Waals surface area contributed by atoms with Crippen molar-refractivity contribution >= 4 is 23.4 Å². The maximum absolute atomic E-state index is 5.32. The van der Waals surface area contributed by atoms with Gasteiger partial charge < -0.3 is 9.55 Å². The van der Waals surface area contributed by atoms with Gasteiger partial charge in [-0.1, -0.05) is 0 Å². The van der Waals surface area contributed by atoms with E-state index in [1.165, 1.54) is 5.56 Å². The predicted octanol–water partition coefficient (Wildman–Crippen LogP) is 2.07. The highest BCUT2D eigenvalue weighted by atomic mass is 32.1. The molecule has 0 aromatic carbocycles. The van der Waals surface area contributed by atoms with Crippen LogP contribution < -0.4 is 0 Å². The number of pyridine rings is 1. The van der Waals surface area contributed by atoms with Crippen molar-refractivity contribution in [3.63, 3.8) is 0 Å². The minimum atomic E-state index is 0.715. The Morgan fingerprint density at radius 3 is 3.11 bits per heavy atom. The SMILES string of the molecule is Cn1cc(CCn2c(=S)[nH]c3cccnc32)cn1. The molecule has 0 fully saturated rings. The number of H-pyrrole nitrogens is 1. The van der Waals surface area contributed by atoms with Crippen molar-refractivity contribution in [3.8, 4) is 0 Å². The summed E-state index contributed by atoms with van der Waals surface area (Å²) in [5.41, 5.74) is 3.09. The van der Waals surface area contributed by atoms with Crippen LogP contribution >= 0.6 is 12.2 Å². The van der Waals surface area contributed by atoms with E-state index in [2.05, 4.69) is 15.1 Å². The fraction of sp³-hybridized carbons (Fsp3) is 0.250. The van der Waals surface area contributed by atoms with Gasteiger partial charge in [-0.05, 0) is 36.3 Å². The average molecular weight is 259 g/mol. The third-order valence-corrected chi connectivity index (χ3v) is 3.23. The minimum Gasteiger partial charge on any atom is -0.329 e. The van der Waals surface area contributed by atoms with E-state index in [1.807, 2.05) is 40.8 Å². The summed E-state index contributed by atoms with van der Waals surface area (Å²) in [6.07, 6.45) is 6.58. The van der Waals surface area contributed by atoms with Gasteiger partial charge in [0.05, 0.1) is 11.7 Å². The third kappa shape index (κ3) is 1.95. The summed E-state index contributed by atoms with van der Waals surface area (Å²) >= 11 is 5.32. The Balaban J connectivity index is 1.90. The lowest BCUT2D eigenvalue weighted by Crippen LogP contribution is -2.01. The minimum absolute atomic E-state index is 0.715. The summed E-state index contributed by atoms with van der Waals surface area (Å²) in [6.45, 7) is 0.807. The number of aromatic amines is 1. The van der Waals surface area contributed by atoms with Gasteiger partial charge in [-0.25, -0.2) is 4.98 Å². The van der Waals surface area contributed by atoms with Crippen LogP contribution in [0.25, 0.3) is 11.2 Å². The van der Waals surface area contributed by atoms with Gasteiger partial charge >= 0.3 is 0 Å². The molecule has 0 aliphatic heterocycles. The zero-order chi connectivity index (χ0) is 12.5. The summed E-state index contributed by atoms with van der Waals surface area (Å²) in [4.78, 5) is 7.53. The molecule has 6 heteroatoms. The first-order valence-corrected chi connectivity index (χ1v) is 6.16. The lowest BCUT2D eigenvalue weighted by molar-refractivity contribution is 0.699. The molecule has 0 spiro atoms. The lowest BCUT2D eigenvalue weighted by Gasteiger charge is -2.01. The van der Waals surface area contributed by atoms with Gasteiger partial charge in [-0.2, -0.15) is 5.10 Å². The van der Waals surface area contributed by atoms with Gasteiger partial charge in [-0.15, -0.1) is 0 Å². The van der Waals surface area contributed by atoms with Crippen LogP contribution in [0.4, 0.5) is 0 Å². The number of rotatable bonds is 3. The van der Waals surface area contributed by atoms with Crippen molar-refractivity contribution in [2.75, 3.05) is 0 Å². The molecule has 0 amide bonds. The molecule has 18 heavy (non-hydrogen) atoms. The van der Waals surface area contributed by atoms with Gasteiger partial charge in [0.1, 0.15) is 0 Å². The van der Waals surface area contributed by atoms with Crippen LogP contribution in [-0.2, 0) is 20.0 Å². The first-order chi connectivity index (χ1) is 8.74. The molecule has 5 nitrogen and oxygen atoms in total. The van der Waals surface area contributed by atoms with Crippen LogP contribution in [0.5, 0.6) is 0 Å². The molecule has 3 rings (SSSR count). The van der Waals surface area contributed by atoms with Crippen LogP contribution in [0.2, 0.25) is 0 Å². The molecule has 0 unspecified atom stereocenters.